The lowest BCUT2D eigenvalue weighted by atomic mass is 9.93. The Kier molecular flexibility index (Phi) is 5.26. The largest absolute Gasteiger partial charge is 0.314 e. The maximum Gasteiger partial charge on any atom is 0.0109 e. The van der Waals surface area contributed by atoms with Crippen LogP contribution in [0, 0.1) is 5.92 Å². The van der Waals surface area contributed by atoms with E-state index in [4.69, 9.17) is 0 Å². The molecule has 100 valence electrons. The van der Waals surface area contributed by atoms with Crippen molar-refractivity contribution in [1.82, 2.24) is 15.1 Å². The van der Waals surface area contributed by atoms with E-state index in [-0.39, 0.29) is 0 Å². The molecule has 2 fully saturated rings. The zero-order valence-corrected chi connectivity index (χ0v) is 11.6. The summed E-state index contributed by atoms with van der Waals surface area (Å²) in [5.74, 6) is 0.912. The van der Waals surface area contributed by atoms with E-state index < -0.39 is 0 Å². The maximum atomic E-state index is 3.54. The molecular formula is C14H29N3. The van der Waals surface area contributed by atoms with Crippen LogP contribution in [-0.4, -0.2) is 62.2 Å². The van der Waals surface area contributed by atoms with Crippen LogP contribution < -0.4 is 5.32 Å². The number of piperidine rings is 1. The van der Waals surface area contributed by atoms with Crippen molar-refractivity contribution >= 4 is 0 Å². The molecular weight excluding hydrogens is 210 g/mol. The summed E-state index contributed by atoms with van der Waals surface area (Å²) in [5.41, 5.74) is 0. The Morgan fingerprint density at radius 1 is 1.29 bits per heavy atom. The predicted molar refractivity (Wildman–Crippen MR) is 73.4 cm³/mol. The van der Waals surface area contributed by atoms with Crippen LogP contribution in [0.2, 0.25) is 0 Å². The van der Waals surface area contributed by atoms with Crippen LogP contribution in [0.3, 0.4) is 0 Å². The van der Waals surface area contributed by atoms with Gasteiger partial charge in [-0.15, -0.1) is 0 Å². The molecule has 0 radical (unpaired) electrons. The Morgan fingerprint density at radius 2 is 2.06 bits per heavy atom. The lowest BCUT2D eigenvalue weighted by Gasteiger charge is -2.31. The monoisotopic (exact) mass is 239 g/mol. The first-order chi connectivity index (χ1) is 8.24. The van der Waals surface area contributed by atoms with Crippen LogP contribution in [-0.2, 0) is 0 Å². The summed E-state index contributed by atoms with van der Waals surface area (Å²) in [6, 6.07) is 0.723. The van der Waals surface area contributed by atoms with Gasteiger partial charge in [-0.05, 0) is 65.2 Å². The highest BCUT2D eigenvalue weighted by Crippen LogP contribution is 2.17. The zero-order chi connectivity index (χ0) is 12.1. The number of likely N-dealkylation sites (N-methyl/N-ethyl adjacent to an activating group) is 1. The third kappa shape index (κ3) is 4.57. The molecule has 2 atom stereocenters. The molecule has 0 saturated carbocycles. The number of nitrogens with zero attached hydrogens (tertiary/aromatic N) is 2. The Labute approximate surface area is 107 Å². The second kappa shape index (κ2) is 6.72. The smallest absolute Gasteiger partial charge is 0.0109 e. The van der Waals surface area contributed by atoms with Gasteiger partial charge in [-0.3, -0.25) is 0 Å². The normalized spacial score (nSPS) is 31.2. The van der Waals surface area contributed by atoms with E-state index in [0.29, 0.717) is 0 Å². The van der Waals surface area contributed by atoms with Gasteiger partial charge in [0.2, 0.25) is 0 Å². The molecule has 2 rings (SSSR count). The Balaban J connectivity index is 1.60. The maximum absolute atomic E-state index is 3.54. The van der Waals surface area contributed by atoms with Gasteiger partial charge in [0.25, 0.3) is 0 Å². The van der Waals surface area contributed by atoms with Crippen LogP contribution in [0.25, 0.3) is 0 Å². The third-order valence-electron chi connectivity index (χ3n) is 4.30. The number of nitrogens with one attached hydrogen (secondary N) is 1. The summed E-state index contributed by atoms with van der Waals surface area (Å²) in [4.78, 5) is 5.16. The third-order valence-corrected chi connectivity index (χ3v) is 4.30. The van der Waals surface area contributed by atoms with Crippen molar-refractivity contribution in [2.45, 2.75) is 38.6 Å². The average molecular weight is 239 g/mol. The molecule has 0 bridgehead atoms. The lowest BCUT2D eigenvalue weighted by Crippen LogP contribution is -2.41. The van der Waals surface area contributed by atoms with Gasteiger partial charge in [-0.1, -0.05) is 0 Å². The number of rotatable bonds is 5. The van der Waals surface area contributed by atoms with Gasteiger partial charge in [-0.2, -0.15) is 0 Å². The van der Waals surface area contributed by atoms with Crippen molar-refractivity contribution in [2.75, 3.05) is 46.3 Å². The quantitative estimate of drug-likeness (QED) is 0.782. The van der Waals surface area contributed by atoms with Crippen LogP contribution in [0.4, 0.5) is 0 Å². The minimum atomic E-state index is 0.723. The highest BCUT2D eigenvalue weighted by atomic mass is 15.2. The molecule has 1 N–H and O–H groups in total. The summed E-state index contributed by atoms with van der Waals surface area (Å²) in [6.07, 6.45) is 5.54. The molecule has 0 spiro atoms. The molecule has 2 aliphatic heterocycles. The van der Waals surface area contributed by atoms with Crippen LogP contribution >= 0.6 is 0 Å². The molecule has 0 amide bonds. The van der Waals surface area contributed by atoms with E-state index in [2.05, 4.69) is 29.1 Å². The number of hydrogen-bond acceptors (Lipinski definition) is 3. The van der Waals surface area contributed by atoms with Gasteiger partial charge >= 0.3 is 0 Å². The molecule has 3 heteroatoms. The van der Waals surface area contributed by atoms with Gasteiger partial charge < -0.3 is 15.1 Å². The molecule has 3 nitrogen and oxygen atoms in total. The van der Waals surface area contributed by atoms with Crippen molar-refractivity contribution in [3.8, 4) is 0 Å². The van der Waals surface area contributed by atoms with Gasteiger partial charge in [-0.25, -0.2) is 0 Å². The first-order valence-corrected chi connectivity index (χ1v) is 7.38. The minimum absolute atomic E-state index is 0.723. The van der Waals surface area contributed by atoms with Crippen LogP contribution in [0.5, 0.6) is 0 Å². The summed E-state index contributed by atoms with van der Waals surface area (Å²) in [5, 5.41) is 3.54. The first kappa shape index (κ1) is 13.3. The fraction of sp³-hybridized carbons (Fsp3) is 1.00. The highest BCUT2D eigenvalue weighted by molar-refractivity contribution is 4.77. The van der Waals surface area contributed by atoms with Gasteiger partial charge in [0.15, 0.2) is 0 Å². The Morgan fingerprint density at radius 3 is 2.76 bits per heavy atom. The molecule has 2 saturated heterocycles. The molecule has 17 heavy (non-hydrogen) atoms. The van der Waals surface area contributed by atoms with Crippen molar-refractivity contribution in [3.63, 3.8) is 0 Å². The van der Waals surface area contributed by atoms with Crippen molar-refractivity contribution < 1.29 is 0 Å². The van der Waals surface area contributed by atoms with E-state index >= 15 is 0 Å². The Hall–Kier alpha value is -0.120. The second-order valence-corrected chi connectivity index (χ2v) is 6.06. The summed E-state index contributed by atoms with van der Waals surface area (Å²) in [6.45, 7) is 10.0. The van der Waals surface area contributed by atoms with Crippen molar-refractivity contribution in [1.29, 1.82) is 0 Å². The topological polar surface area (TPSA) is 18.5 Å². The lowest BCUT2D eigenvalue weighted by molar-refractivity contribution is 0.198. The minimum Gasteiger partial charge on any atom is -0.314 e. The molecule has 2 aliphatic rings. The second-order valence-electron chi connectivity index (χ2n) is 6.06. The molecule has 0 aliphatic carbocycles. The van der Waals surface area contributed by atoms with E-state index in [1.54, 1.807) is 0 Å². The molecule has 0 aromatic heterocycles. The molecule has 2 unspecified atom stereocenters. The van der Waals surface area contributed by atoms with Crippen LogP contribution in [0.15, 0.2) is 0 Å². The van der Waals surface area contributed by atoms with Gasteiger partial charge in [0.05, 0.1) is 0 Å². The molecule has 2 heterocycles. The molecule has 0 aromatic carbocycles. The predicted octanol–water partition coefficient (Wildman–Crippen LogP) is 1.40. The first-order valence-electron chi connectivity index (χ1n) is 7.38. The highest BCUT2D eigenvalue weighted by Gasteiger charge is 2.20. The van der Waals surface area contributed by atoms with Gasteiger partial charge in [0, 0.05) is 25.7 Å². The van der Waals surface area contributed by atoms with Gasteiger partial charge in [0.1, 0.15) is 0 Å². The standard InChI is InChI=1S/C14H29N3/c1-13-11-14(5-6-15-13)12-16(2)9-10-17-7-3-4-8-17/h13-15H,3-12H2,1-2H3. The summed E-state index contributed by atoms with van der Waals surface area (Å²) >= 11 is 0. The van der Waals surface area contributed by atoms with Crippen molar-refractivity contribution in [2.24, 2.45) is 5.92 Å². The van der Waals surface area contributed by atoms with E-state index in [0.717, 1.165) is 12.0 Å². The van der Waals surface area contributed by atoms with E-state index in [1.165, 1.54) is 65.0 Å². The molecule has 0 aromatic rings. The van der Waals surface area contributed by atoms with E-state index in [1.807, 2.05) is 0 Å². The van der Waals surface area contributed by atoms with Crippen LogP contribution in [0.1, 0.15) is 32.6 Å². The fourth-order valence-corrected chi connectivity index (χ4v) is 3.25. The summed E-state index contributed by atoms with van der Waals surface area (Å²) < 4.78 is 0. The summed E-state index contributed by atoms with van der Waals surface area (Å²) in [7, 11) is 2.29. The van der Waals surface area contributed by atoms with Crippen molar-refractivity contribution in [3.05, 3.63) is 0 Å². The number of hydrogen-bond donors (Lipinski definition) is 1. The SMILES string of the molecule is CC1CC(CN(C)CCN2CCCC2)CCN1. The zero-order valence-electron chi connectivity index (χ0n) is 11.6. The average Bonchev–Trinajstić information content (AvgIpc) is 2.79. The number of likely N-dealkylation sites (tertiary alicyclic amines) is 1. The Bertz CT molecular complexity index is 214. The van der Waals surface area contributed by atoms with E-state index in [9.17, 15) is 0 Å². The fourth-order valence-electron chi connectivity index (χ4n) is 3.25.